The summed E-state index contributed by atoms with van der Waals surface area (Å²) >= 11 is 0. The second kappa shape index (κ2) is 9.14. The highest BCUT2D eigenvalue weighted by Crippen LogP contribution is 2.17. The molecule has 0 aliphatic heterocycles. The Morgan fingerprint density at radius 3 is 2.53 bits per heavy atom. The first-order valence-corrected chi connectivity index (χ1v) is 9.72. The van der Waals surface area contributed by atoms with Gasteiger partial charge in [0.25, 0.3) is 5.56 Å². The molecule has 30 heavy (non-hydrogen) atoms. The van der Waals surface area contributed by atoms with Crippen LogP contribution in [0.15, 0.2) is 33.9 Å². The van der Waals surface area contributed by atoms with Gasteiger partial charge in [0.15, 0.2) is 11.2 Å². The molecule has 2 heterocycles. The number of anilines is 1. The molecule has 0 bridgehead atoms. The number of nitrogens with one attached hydrogen (secondary N) is 1. The lowest BCUT2D eigenvalue weighted by Gasteiger charge is -2.16. The number of nitrogens with zero attached hydrogens (tertiary/aromatic N) is 4. The molecule has 0 fully saturated rings. The number of aromatic nitrogens is 4. The van der Waals surface area contributed by atoms with E-state index in [-0.39, 0.29) is 30.9 Å². The van der Waals surface area contributed by atoms with Gasteiger partial charge in [-0.05, 0) is 25.5 Å². The van der Waals surface area contributed by atoms with Crippen LogP contribution in [0.25, 0.3) is 11.2 Å². The lowest BCUT2D eigenvalue weighted by Crippen LogP contribution is -2.38. The van der Waals surface area contributed by atoms with E-state index in [1.54, 1.807) is 4.57 Å². The zero-order chi connectivity index (χ0) is 21.8. The van der Waals surface area contributed by atoms with Crippen LogP contribution in [0.1, 0.15) is 12.0 Å². The highest BCUT2D eigenvalue weighted by molar-refractivity contribution is 5.74. The molecule has 10 heteroatoms. The average Bonchev–Trinajstić information content (AvgIpc) is 3.08. The van der Waals surface area contributed by atoms with Gasteiger partial charge in [-0.25, -0.2) is 4.79 Å². The molecule has 0 unspecified atom stereocenters. The summed E-state index contributed by atoms with van der Waals surface area (Å²) < 4.78 is 9.49. The molecule has 3 N–H and O–H groups in total. The van der Waals surface area contributed by atoms with E-state index in [0.717, 1.165) is 10.1 Å². The minimum absolute atomic E-state index is 0.000491. The van der Waals surface area contributed by atoms with Gasteiger partial charge in [-0.3, -0.25) is 13.9 Å². The van der Waals surface area contributed by atoms with Crippen LogP contribution in [0.4, 0.5) is 5.95 Å². The van der Waals surface area contributed by atoms with Gasteiger partial charge in [0.05, 0.1) is 6.54 Å². The molecule has 3 aromatic rings. The van der Waals surface area contributed by atoms with Crippen molar-refractivity contribution in [2.24, 2.45) is 14.1 Å². The van der Waals surface area contributed by atoms with Crippen molar-refractivity contribution in [3.8, 4) is 5.75 Å². The van der Waals surface area contributed by atoms with Crippen LogP contribution < -0.4 is 21.3 Å². The molecule has 0 radical (unpaired) electrons. The summed E-state index contributed by atoms with van der Waals surface area (Å²) in [7, 11) is 2.94. The van der Waals surface area contributed by atoms with Gasteiger partial charge < -0.3 is 24.8 Å². The molecule has 1 atom stereocenters. The summed E-state index contributed by atoms with van der Waals surface area (Å²) in [6.07, 6.45) is -0.441. The molecule has 1 aromatic carbocycles. The second-order valence-corrected chi connectivity index (χ2v) is 7.21. The number of imidazole rings is 1. The van der Waals surface area contributed by atoms with E-state index in [4.69, 9.17) is 9.84 Å². The maximum absolute atomic E-state index is 12.8. The first-order valence-electron chi connectivity index (χ1n) is 9.72. The van der Waals surface area contributed by atoms with Gasteiger partial charge in [-0.15, -0.1) is 0 Å². The molecule has 0 aliphatic carbocycles. The molecule has 0 saturated heterocycles. The maximum atomic E-state index is 12.8. The van der Waals surface area contributed by atoms with Crippen molar-refractivity contribution in [3.63, 3.8) is 0 Å². The van der Waals surface area contributed by atoms with Crippen molar-refractivity contribution in [3.05, 3.63) is 50.7 Å². The lowest BCUT2D eigenvalue weighted by molar-refractivity contribution is 0.0938. The fraction of sp³-hybridized carbons (Fsp3) is 0.450. The van der Waals surface area contributed by atoms with Crippen molar-refractivity contribution in [1.29, 1.82) is 0 Å². The van der Waals surface area contributed by atoms with Crippen LogP contribution in [0.2, 0.25) is 0 Å². The maximum Gasteiger partial charge on any atom is 0.332 e. The van der Waals surface area contributed by atoms with Crippen molar-refractivity contribution < 1.29 is 14.9 Å². The number of ether oxygens (including phenoxy) is 1. The van der Waals surface area contributed by atoms with Crippen molar-refractivity contribution in [2.45, 2.75) is 26.0 Å². The molecule has 0 aliphatic rings. The molecule has 162 valence electrons. The third-order valence-corrected chi connectivity index (χ3v) is 4.82. The summed E-state index contributed by atoms with van der Waals surface area (Å²) in [4.78, 5) is 29.4. The number of benzene rings is 1. The first kappa shape index (κ1) is 21.6. The Hall–Kier alpha value is -3.11. The number of hydrogen-bond acceptors (Lipinski definition) is 7. The highest BCUT2D eigenvalue weighted by atomic mass is 16.5. The van der Waals surface area contributed by atoms with Gasteiger partial charge in [-0.1, -0.05) is 17.7 Å². The van der Waals surface area contributed by atoms with Crippen LogP contribution in [0, 0.1) is 6.92 Å². The van der Waals surface area contributed by atoms with Crippen LogP contribution in [-0.2, 0) is 20.6 Å². The van der Waals surface area contributed by atoms with Crippen LogP contribution in [0.5, 0.6) is 5.75 Å². The van der Waals surface area contributed by atoms with Crippen LogP contribution in [0.3, 0.4) is 0 Å². The fourth-order valence-corrected chi connectivity index (χ4v) is 3.13. The lowest BCUT2D eigenvalue weighted by atomic mass is 10.2. The zero-order valence-electron chi connectivity index (χ0n) is 17.3. The topological polar surface area (TPSA) is 124 Å². The monoisotopic (exact) mass is 417 g/mol. The van der Waals surface area contributed by atoms with E-state index < -0.39 is 17.4 Å². The third-order valence-electron chi connectivity index (χ3n) is 4.82. The molecule has 10 nitrogen and oxygen atoms in total. The average molecular weight is 417 g/mol. The molecular weight excluding hydrogens is 390 g/mol. The van der Waals surface area contributed by atoms with E-state index in [2.05, 4.69) is 10.3 Å². The highest BCUT2D eigenvalue weighted by Gasteiger charge is 2.21. The molecule has 2 aromatic heterocycles. The van der Waals surface area contributed by atoms with Gasteiger partial charge in [0.2, 0.25) is 5.95 Å². The SMILES string of the molecule is Cc1ccc(OC[C@H](O)Cn2c(NCCCO)nc3c2c(=O)n(C)c(=O)n3C)cc1. The minimum atomic E-state index is -0.927. The second-order valence-electron chi connectivity index (χ2n) is 7.21. The Labute approximate surface area is 173 Å². The molecule has 3 rings (SSSR count). The summed E-state index contributed by atoms with van der Waals surface area (Å²) in [6.45, 7) is 2.45. The Kier molecular flexibility index (Phi) is 6.58. The molecule has 0 saturated carbocycles. The quantitative estimate of drug-likeness (QED) is 0.418. The Balaban J connectivity index is 1.91. The van der Waals surface area contributed by atoms with E-state index >= 15 is 0 Å². The predicted molar refractivity (Wildman–Crippen MR) is 113 cm³/mol. The first-order chi connectivity index (χ1) is 14.3. The molecular formula is C20H27N5O5. The largest absolute Gasteiger partial charge is 0.491 e. The van der Waals surface area contributed by atoms with Gasteiger partial charge in [0.1, 0.15) is 18.5 Å². The Morgan fingerprint density at radius 1 is 1.17 bits per heavy atom. The summed E-state index contributed by atoms with van der Waals surface area (Å²) in [5.74, 6) is 0.973. The number of aliphatic hydroxyl groups excluding tert-OH is 2. The number of rotatable bonds is 9. The minimum Gasteiger partial charge on any atom is -0.491 e. The van der Waals surface area contributed by atoms with E-state index in [1.165, 1.54) is 18.7 Å². The standard InChI is InChI=1S/C20H27N5O5/c1-13-5-7-15(8-6-13)30-12-14(27)11-25-16-17(22-19(25)21-9-4-10-26)23(2)20(29)24(3)18(16)28/h5-8,14,26-27H,4,9-12H2,1-3H3,(H,21,22)/t14-/m1/s1. The summed E-state index contributed by atoms with van der Waals surface area (Å²) in [6, 6.07) is 7.47. The summed E-state index contributed by atoms with van der Waals surface area (Å²) in [5.41, 5.74) is 0.555. The van der Waals surface area contributed by atoms with E-state index in [1.807, 2.05) is 31.2 Å². The van der Waals surface area contributed by atoms with Crippen LogP contribution in [-0.4, -0.2) is 54.8 Å². The number of aryl methyl sites for hydroxylation is 2. The zero-order valence-corrected chi connectivity index (χ0v) is 17.3. The van der Waals surface area contributed by atoms with E-state index in [9.17, 15) is 14.7 Å². The van der Waals surface area contributed by atoms with Gasteiger partial charge in [-0.2, -0.15) is 4.98 Å². The molecule has 0 amide bonds. The normalized spacial score (nSPS) is 12.3. The number of fused-ring (bicyclic) bond motifs is 1. The number of aliphatic hydroxyl groups is 2. The van der Waals surface area contributed by atoms with Gasteiger partial charge in [0, 0.05) is 27.2 Å². The summed E-state index contributed by atoms with van der Waals surface area (Å²) in [5, 5.41) is 22.6. The van der Waals surface area contributed by atoms with Crippen LogP contribution >= 0.6 is 0 Å². The van der Waals surface area contributed by atoms with Gasteiger partial charge >= 0.3 is 5.69 Å². The third kappa shape index (κ3) is 4.39. The predicted octanol–water partition coefficient (Wildman–Crippen LogP) is -0.0237. The Bertz CT molecular complexity index is 1130. The number of hydrogen-bond donors (Lipinski definition) is 3. The van der Waals surface area contributed by atoms with Crippen molar-refractivity contribution >= 4 is 17.1 Å². The molecule has 0 spiro atoms. The van der Waals surface area contributed by atoms with Crippen molar-refractivity contribution in [2.75, 3.05) is 25.1 Å². The smallest absolute Gasteiger partial charge is 0.332 e. The van der Waals surface area contributed by atoms with E-state index in [0.29, 0.717) is 24.7 Å². The Morgan fingerprint density at radius 2 is 1.87 bits per heavy atom. The fourth-order valence-electron chi connectivity index (χ4n) is 3.13. The van der Waals surface area contributed by atoms with Crippen molar-refractivity contribution in [1.82, 2.24) is 18.7 Å².